The number of hydrogen-bond donors (Lipinski definition) is 1. The van der Waals surface area contributed by atoms with Gasteiger partial charge >= 0.3 is 0 Å². The number of nitrogens with zero attached hydrogens (tertiary/aromatic N) is 3. The largest absolute Gasteiger partial charge is 0.423 e. The van der Waals surface area contributed by atoms with Crippen LogP contribution in [0.25, 0.3) is 11.1 Å². The molecule has 6 heteroatoms. The summed E-state index contributed by atoms with van der Waals surface area (Å²) >= 11 is 0. The molecule has 0 amide bonds. The van der Waals surface area contributed by atoms with Gasteiger partial charge in [-0.2, -0.15) is 4.98 Å². The second kappa shape index (κ2) is 7.72. The fourth-order valence-corrected chi connectivity index (χ4v) is 3.71. The third kappa shape index (κ3) is 3.85. The van der Waals surface area contributed by atoms with Gasteiger partial charge in [0.2, 0.25) is 0 Å². The lowest BCUT2D eigenvalue weighted by Crippen LogP contribution is -2.48. The number of rotatable bonds is 3. The van der Waals surface area contributed by atoms with E-state index in [-0.39, 0.29) is 12.4 Å². The molecular weight excluding hydrogens is 324 g/mol. The molecule has 2 saturated heterocycles. The van der Waals surface area contributed by atoms with Crippen LogP contribution in [0.15, 0.2) is 22.6 Å². The molecule has 5 nitrogen and oxygen atoms in total. The molecule has 24 heavy (non-hydrogen) atoms. The van der Waals surface area contributed by atoms with E-state index < -0.39 is 0 Å². The van der Waals surface area contributed by atoms with Gasteiger partial charge in [0.25, 0.3) is 6.01 Å². The normalized spacial score (nSPS) is 20.3. The summed E-state index contributed by atoms with van der Waals surface area (Å²) in [6.07, 6.45) is 2.65. The number of nitrogens with one attached hydrogen (secondary N) is 1. The summed E-state index contributed by atoms with van der Waals surface area (Å²) in [4.78, 5) is 9.57. The minimum atomic E-state index is 0. The molecule has 0 saturated carbocycles. The van der Waals surface area contributed by atoms with Crippen LogP contribution in [0, 0.1) is 12.8 Å². The van der Waals surface area contributed by atoms with Crippen molar-refractivity contribution in [3.63, 3.8) is 0 Å². The number of piperazine rings is 1. The van der Waals surface area contributed by atoms with Crippen LogP contribution in [-0.4, -0.2) is 55.7 Å². The van der Waals surface area contributed by atoms with Crippen molar-refractivity contribution in [3.8, 4) is 0 Å². The summed E-state index contributed by atoms with van der Waals surface area (Å²) in [7, 11) is 0. The van der Waals surface area contributed by atoms with Gasteiger partial charge in [-0.25, -0.2) is 0 Å². The molecule has 2 fully saturated rings. The fourth-order valence-electron chi connectivity index (χ4n) is 3.71. The highest BCUT2D eigenvalue weighted by Gasteiger charge is 2.23. The molecule has 2 aromatic rings. The van der Waals surface area contributed by atoms with E-state index in [1.54, 1.807) is 0 Å². The zero-order valence-corrected chi connectivity index (χ0v) is 15.1. The second-order valence-electron chi connectivity index (χ2n) is 6.95. The Hall–Kier alpha value is -1.30. The monoisotopic (exact) mass is 350 g/mol. The Morgan fingerprint density at radius 3 is 2.67 bits per heavy atom. The zero-order valence-electron chi connectivity index (χ0n) is 14.3. The number of piperidine rings is 1. The Morgan fingerprint density at radius 1 is 1.17 bits per heavy atom. The second-order valence-corrected chi connectivity index (χ2v) is 6.95. The molecule has 0 atom stereocenters. The SMILES string of the molecule is Cc1ccc2oc(N3CCN(CC4CCNCC4)CC3)nc2c1.Cl. The smallest absolute Gasteiger partial charge is 0.298 e. The molecule has 0 unspecified atom stereocenters. The van der Waals surface area contributed by atoms with Gasteiger partial charge in [-0.3, -0.25) is 4.90 Å². The molecule has 1 N–H and O–H groups in total. The third-order valence-electron chi connectivity index (χ3n) is 5.15. The van der Waals surface area contributed by atoms with Gasteiger partial charge < -0.3 is 14.6 Å². The van der Waals surface area contributed by atoms with Crippen molar-refractivity contribution < 1.29 is 4.42 Å². The number of anilines is 1. The summed E-state index contributed by atoms with van der Waals surface area (Å²) < 4.78 is 5.94. The van der Waals surface area contributed by atoms with Gasteiger partial charge in [0.05, 0.1) is 0 Å². The van der Waals surface area contributed by atoms with E-state index in [1.165, 1.54) is 38.0 Å². The van der Waals surface area contributed by atoms with Gasteiger partial charge in [-0.05, 0) is 56.5 Å². The van der Waals surface area contributed by atoms with E-state index >= 15 is 0 Å². The first-order valence-electron chi connectivity index (χ1n) is 8.83. The summed E-state index contributed by atoms with van der Waals surface area (Å²) in [5.74, 6) is 0.870. The number of aromatic nitrogens is 1. The Labute approximate surface area is 149 Å². The lowest BCUT2D eigenvalue weighted by atomic mass is 9.97. The molecule has 0 radical (unpaired) electrons. The number of hydrogen-bond acceptors (Lipinski definition) is 5. The highest BCUT2D eigenvalue weighted by atomic mass is 35.5. The van der Waals surface area contributed by atoms with E-state index in [1.807, 2.05) is 6.07 Å². The molecular formula is C18H27ClN4O. The van der Waals surface area contributed by atoms with Crippen molar-refractivity contribution in [2.75, 3.05) is 50.7 Å². The van der Waals surface area contributed by atoms with Crippen LogP contribution in [0.3, 0.4) is 0 Å². The standard InChI is InChI=1S/C18H26N4O.ClH/c1-14-2-3-17-16(12-14)20-18(23-17)22-10-8-21(9-11-22)13-15-4-6-19-7-5-15;/h2-3,12,15,19H,4-11,13H2,1H3;1H. The van der Waals surface area contributed by atoms with Crippen LogP contribution < -0.4 is 10.2 Å². The highest BCUT2D eigenvalue weighted by Crippen LogP contribution is 2.24. The first kappa shape index (κ1) is 17.5. The molecule has 4 rings (SSSR count). The summed E-state index contributed by atoms with van der Waals surface area (Å²) in [6.45, 7) is 9.96. The summed E-state index contributed by atoms with van der Waals surface area (Å²) in [6, 6.07) is 6.98. The van der Waals surface area contributed by atoms with Gasteiger partial charge in [-0.15, -0.1) is 12.4 Å². The molecule has 132 valence electrons. The van der Waals surface area contributed by atoms with Crippen LogP contribution in [-0.2, 0) is 0 Å². The van der Waals surface area contributed by atoms with Crippen LogP contribution in [0.2, 0.25) is 0 Å². The van der Waals surface area contributed by atoms with Crippen molar-refractivity contribution in [2.24, 2.45) is 5.92 Å². The number of aryl methyl sites for hydroxylation is 1. The van der Waals surface area contributed by atoms with Gasteiger partial charge in [0.1, 0.15) is 5.52 Å². The van der Waals surface area contributed by atoms with Crippen molar-refractivity contribution in [1.82, 2.24) is 15.2 Å². The van der Waals surface area contributed by atoms with Crippen LogP contribution >= 0.6 is 12.4 Å². The molecule has 0 spiro atoms. The Balaban J connectivity index is 0.00000169. The van der Waals surface area contributed by atoms with Gasteiger partial charge in [0.15, 0.2) is 5.58 Å². The minimum absolute atomic E-state index is 0. The van der Waals surface area contributed by atoms with Crippen LogP contribution in [0.1, 0.15) is 18.4 Å². The molecule has 1 aromatic heterocycles. The number of fused-ring (bicyclic) bond motifs is 1. The van der Waals surface area contributed by atoms with Crippen molar-refractivity contribution in [1.29, 1.82) is 0 Å². The predicted octanol–water partition coefficient (Wildman–Crippen LogP) is 2.68. The quantitative estimate of drug-likeness (QED) is 0.922. The molecule has 3 heterocycles. The predicted molar refractivity (Wildman–Crippen MR) is 100 cm³/mol. The highest BCUT2D eigenvalue weighted by molar-refractivity contribution is 5.85. The zero-order chi connectivity index (χ0) is 15.6. The molecule has 2 aliphatic heterocycles. The van der Waals surface area contributed by atoms with Crippen LogP contribution in [0.4, 0.5) is 6.01 Å². The number of halogens is 1. The van der Waals surface area contributed by atoms with E-state index in [0.29, 0.717) is 0 Å². The topological polar surface area (TPSA) is 44.5 Å². The summed E-state index contributed by atoms with van der Waals surface area (Å²) in [5.41, 5.74) is 3.09. The maximum Gasteiger partial charge on any atom is 0.298 e. The maximum atomic E-state index is 5.94. The summed E-state index contributed by atoms with van der Waals surface area (Å²) in [5, 5.41) is 3.45. The lowest BCUT2D eigenvalue weighted by molar-refractivity contribution is 0.194. The minimum Gasteiger partial charge on any atom is -0.423 e. The maximum absolute atomic E-state index is 5.94. The lowest BCUT2D eigenvalue weighted by Gasteiger charge is -2.36. The van der Waals surface area contributed by atoms with E-state index in [0.717, 1.165) is 49.2 Å². The Bertz CT molecular complexity index is 660. The molecule has 1 aromatic carbocycles. The van der Waals surface area contributed by atoms with E-state index in [4.69, 9.17) is 4.42 Å². The number of benzene rings is 1. The molecule has 0 bridgehead atoms. The Morgan fingerprint density at radius 2 is 1.92 bits per heavy atom. The third-order valence-corrected chi connectivity index (χ3v) is 5.15. The molecule has 2 aliphatic rings. The average molecular weight is 351 g/mol. The van der Waals surface area contributed by atoms with Gasteiger partial charge in [-0.1, -0.05) is 6.07 Å². The van der Waals surface area contributed by atoms with Crippen molar-refractivity contribution in [2.45, 2.75) is 19.8 Å². The van der Waals surface area contributed by atoms with Crippen LogP contribution in [0.5, 0.6) is 0 Å². The first-order valence-corrected chi connectivity index (χ1v) is 8.83. The van der Waals surface area contributed by atoms with E-state index in [2.05, 4.69) is 39.2 Å². The number of oxazole rings is 1. The van der Waals surface area contributed by atoms with Gasteiger partial charge in [0, 0.05) is 32.7 Å². The fraction of sp³-hybridized carbons (Fsp3) is 0.611. The van der Waals surface area contributed by atoms with E-state index in [9.17, 15) is 0 Å². The Kier molecular flexibility index (Phi) is 5.64. The molecule has 0 aliphatic carbocycles. The van der Waals surface area contributed by atoms with Crippen molar-refractivity contribution >= 4 is 29.5 Å². The van der Waals surface area contributed by atoms with Crippen molar-refractivity contribution in [3.05, 3.63) is 23.8 Å². The average Bonchev–Trinajstić information content (AvgIpc) is 2.99. The first-order chi connectivity index (χ1) is 11.3.